The maximum Gasteiger partial charge on any atom is 0.153 e. The Hall–Kier alpha value is -0.570. The zero-order valence-corrected chi connectivity index (χ0v) is 13.1. The van der Waals surface area contributed by atoms with Crippen LogP contribution in [0.15, 0.2) is 23.3 Å². The molecule has 106 valence electrons. The lowest BCUT2D eigenvalue weighted by molar-refractivity contribution is 0.593. The second-order valence-corrected chi connectivity index (χ2v) is 7.42. The second-order valence-electron chi connectivity index (χ2n) is 5.19. The Morgan fingerprint density at radius 3 is 2.28 bits per heavy atom. The highest BCUT2D eigenvalue weighted by molar-refractivity contribution is 7.91. The van der Waals surface area contributed by atoms with Gasteiger partial charge in [0.05, 0.1) is 11.5 Å². The van der Waals surface area contributed by atoms with Gasteiger partial charge in [-0.3, -0.25) is 0 Å². The lowest BCUT2D eigenvalue weighted by Crippen LogP contribution is -2.09. The average Bonchev–Trinajstić information content (AvgIpc) is 2.26. The van der Waals surface area contributed by atoms with Crippen LogP contribution in [-0.4, -0.2) is 19.9 Å². The van der Waals surface area contributed by atoms with Gasteiger partial charge < -0.3 is 0 Å². The number of unbranched alkanes of at least 4 members (excludes halogenated alkanes) is 2. The van der Waals surface area contributed by atoms with Crippen LogP contribution >= 0.6 is 0 Å². The van der Waals surface area contributed by atoms with Gasteiger partial charge in [0.15, 0.2) is 9.84 Å². The normalized spacial score (nSPS) is 12.6. The molecule has 0 aromatic carbocycles. The fourth-order valence-electron chi connectivity index (χ4n) is 1.62. The van der Waals surface area contributed by atoms with Crippen molar-refractivity contribution in [2.24, 2.45) is 0 Å². The van der Waals surface area contributed by atoms with Crippen molar-refractivity contribution in [3.63, 3.8) is 0 Å². The molecule has 0 saturated heterocycles. The van der Waals surface area contributed by atoms with E-state index in [0.29, 0.717) is 5.75 Å². The molecular weight excluding hydrogens is 244 g/mol. The third-order valence-electron chi connectivity index (χ3n) is 2.84. The third kappa shape index (κ3) is 10.6. The van der Waals surface area contributed by atoms with Crippen molar-refractivity contribution in [3.8, 4) is 0 Å². The van der Waals surface area contributed by atoms with Gasteiger partial charge in [-0.1, -0.05) is 43.1 Å². The molecule has 0 N–H and O–H groups in total. The van der Waals surface area contributed by atoms with E-state index in [1.54, 1.807) is 0 Å². The second kappa shape index (κ2) is 9.37. The first kappa shape index (κ1) is 17.4. The number of hydrogen-bond acceptors (Lipinski definition) is 2. The van der Waals surface area contributed by atoms with E-state index in [0.717, 1.165) is 32.1 Å². The first-order chi connectivity index (χ1) is 8.37. The summed E-state index contributed by atoms with van der Waals surface area (Å²) < 4.78 is 23.5. The highest BCUT2D eigenvalue weighted by Crippen LogP contribution is 2.08. The maximum atomic E-state index is 11.7. The van der Waals surface area contributed by atoms with E-state index < -0.39 is 9.84 Å². The van der Waals surface area contributed by atoms with Gasteiger partial charge in [0, 0.05) is 0 Å². The Balaban J connectivity index is 4.07. The van der Waals surface area contributed by atoms with E-state index in [1.807, 2.05) is 13.0 Å². The molecule has 0 atom stereocenters. The van der Waals surface area contributed by atoms with Gasteiger partial charge in [-0.25, -0.2) is 8.42 Å². The number of allylic oxidation sites excluding steroid dienone is 3. The molecule has 2 nitrogen and oxygen atoms in total. The topological polar surface area (TPSA) is 34.1 Å². The van der Waals surface area contributed by atoms with Crippen LogP contribution in [-0.2, 0) is 9.84 Å². The summed E-state index contributed by atoms with van der Waals surface area (Å²) in [6.45, 7) is 8.26. The molecule has 0 aromatic heterocycles. The van der Waals surface area contributed by atoms with E-state index >= 15 is 0 Å². The molecule has 3 heteroatoms. The summed E-state index contributed by atoms with van der Waals surface area (Å²) in [6.07, 6.45) is 8.88. The SMILES string of the molecule is CCCCCS(=O)(=O)C/C=C(\C)CCC=C(C)C. The summed E-state index contributed by atoms with van der Waals surface area (Å²) in [4.78, 5) is 0. The first-order valence-corrected chi connectivity index (χ1v) is 8.69. The molecule has 18 heavy (non-hydrogen) atoms. The van der Waals surface area contributed by atoms with Crippen LogP contribution < -0.4 is 0 Å². The van der Waals surface area contributed by atoms with Crippen LogP contribution in [0.1, 0.15) is 59.8 Å². The third-order valence-corrected chi connectivity index (χ3v) is 4.42. The molecule has 0 bridgehead atoms. The highest BCUT2D eigenvalue weighted by Gasteiger charge is 2.07. The minimum Gasteiger partial charge on any atom is -0.229 e. The molecule has 0 amide bonds. The molecule has 0 heterocycles. The van der Waals surface area contributed by atoms with E-state index in [2.05, 4.69) is 26.8 Å². The lowest BCUT2D eigenvalue weighted by atomic mass is 10.1. The van der Waals surface area contributed by atoms with Crippen LogP contribution in [0.5, 0.6) is 0 Å². The number of rotatable bonds is 9. The van der Waals surface area contributed by atoms with E-state index in [1.165, 1.54) is 11.1 Å². The predicted octanol–water partition coefficient (Wildman–Crippen LogP) is 4.28. The number of hydrogen-bond donors (Lipinski definition) is 0. The van der Waals surface area contributed by atoms with Crippen LogP contribution in [0.2, 0.25) is 0 Å². The van der Waals surface area contributed by atoms with E-state index in [9.17, 15) is 8.42 Å². The molecule has 0 saturated carbocycles. The summed E-state index contributed by atoms with van der Waals surface area (Å²) in [5, 5.41) is 0. The van der Waals surface area contributed by atoms with Crippen LogP contribution in [0, 0.1) is 0 Å². The van der Waals surface area contributed by atoms with Gasteiger partial charge in [0.25, 0.3) is 0 Å². The Kier molecular flexibility index (Phi) is 9.08. The molecule has 0 aliphatic rings. The highest BCUT2D eigenvalue weighted by atomic mass is 32.2. The summed E-state index contributed by atoms with van der Waals surface area (Å²) >= 11 is 0. The summed E-state index contributed by atoms with van der Waals surface area (Å²) in [5.41, 5.74) is 2.49. The standard InChI is InChI=1S/C15H28O2S/c1-5-6-7-12-18(16,17)13-11-15(4)10-8-9-14(2)3/h9,11H,5-8,10,12-13H2,1-4H3/b15-11+. The molecule has 0 aromatic rings. The minimum absolute atomic E-state index is 0.206. The van der Waals surface area contributed by atoms with Gasteiger partial charge in [0.1, 0.15) is 0 Å². The minimum atomic E-state index is -2.88. The van der Waals surface area contributed by atoms with Gasteiger partial charge in [-0.2, -0.15) is 0 Å². The van der Waals surface area contributed by atoms with Crippen molar-refractivity contribution in [1.29, 1.82) is 0 Å². The van der Waals surface area contributed by atoms with Crippen LogP contribution in [0.4, 0.5) is 0 Å². The molecule has 0 radical (unpaired) electrons. The van der Waals surface area contributed by atoms with Crippen molar-refractivity contribution in [3.05, 3.63) is 23.3 Å². The summed E-state index contributed by atoms with van der Waals surface area (Å²) in [6, 6.07) is 0. The Bertz CT molecular complexity index is 371. The van der Waals surface area contributed by atoms with Crippen LogP contribution in [0.3, 0.4) is 0 Å². The van der Waals surface area contributed by atoms with Gasteiger partial charge >= 0.3 is 0 Å². The summed E-state index contributed by atoms with van der Waals surface area (Å²) in [7, 11) is -2.88. The Morgan fingerprint density at radius 2 is 1.72 bits per heavy atom. The number of sulfone groups is 1. The molecule has 0 fully saturated rings. The van der Waals surface area contributed by atoms with Crippen molar-refractivity contribution in [2.75, 3.05) is 11.5 Å². The molecule has 0 unspecified atom stereocenters. The van der Waals surface area contributed by atoms with Crippen molar-refractivity contribution in [1.82, 2.24) is 0 Å². The fourth-order valence-corrected chi connectivity index (χ4v) is 2.96. The van der Waals surface area contributed by atoms with Crippen molar-refractivity contribution >= 4 is 9.84 Å². The zero-order valence-electron chi connectivity index (χ0n) is 12.3. The summed E-state index contributed by atoms with van der Waals surface area (Å²) in [5.74, 6) is 0.538. The van der Waals surface area contributed by atoms with Crippen molar-refractivity contribution in [2.45, 2.75) is 59.8 Å². The Labute approximate surface area is 113 Å². The molecule has 0 aliphatic heterocycles. The molecular formula is C15H28O2S. The maximum absolute atomic E-state index is 11.7. The Morgan fingerprint density at radius 1 is 1.06 bits per heavy atom. The molecule has 0 spiro atoms. The monoisotopic (exact) mass is 272 g/mol. The zero-order chi connectivity index (χ0) is 14.0. The van der Waals surface area contributed by atoms with E-state index in [4.69, 9.17) is 0 Å². The first-order valence-electron chi connectivity index (χ1n) is 6.87. The smallest absolute Gasteiger partial charge is 0.153 e. The fraction of sp³-hybridized carbons (Fsp3) is 0.733. The quantitative estimate of drug-likeness (QED) is 0.463. The van der Waals surface area contributed by atoms with E-state index in [-0.39, 0.29) is 5.75 Å². The average molecular weight is 272 g/mol. The predicted molar refractivity (Wildman–Crippen MR) is 80.6 cm³/mol. The van der Waals surface area contributed by atoms with Crippen molar-refractivity contribution < 1.29 is 8.42 Å². The molecule has 0 aliphatic carbocycles. The van der Waals surface area contributed by atoms with Gasteiger partial charge in [0.2, 0.25) is 0 Å². The van der Waals surface area contributed by atoms with Crippen LogP contribution in [0.25, 0.3) is 0 Å². The largest absolute Gasteiger partial charge is 0.229 e. The van der Waals surface area contributed by atoms with Gasteiger partial charge in [-0.15, -0.1) is 0 Å². The molecule has 0 rings (SSSR count). The van der Waals surface area contributed by atoms with Gasteiger partial charge in [-0.05, 0) is 40.0 Å². The lowest BCUT2D eigenvalue weighted by Gasteiger charge is -2.02.